The summed E-state index contributed by atoms with van der Waals surface area (Å²) < 4.78 is 0. The van der Waals surface area contributed by atoms with E-state index in [1.807, 2.05) is 0 Å². The monoisotopic (exact) mass is 237 g/mol. The van der Waals surface area contributed by atoms with Crippen LogP contribution in [0, 0.1) is 0 Å². The molecule has 1 atom stereocenters. The summed E-state index contributed by atoms with van der Waals surface area (Å²) in [6.45, 7) is 1.74. The van der Waals surface area contributed by atoms with Crippen molar-refractivity contribution >= 4 is 17.6 Å². The molecular weight excluding hydrogens is 222 g/mol. The van der Waals surface area contributed by atoms with Gasteiger partial charge < -0.3 is 16.2 Å². The van der Waals surface area contributed by atoms with Gasteiger partial charge in [-0.1, -0.05) is 0 Å². The minimum absolute atomic E-state index is 0.131. The SMILES string of the molecule is CC(N)CC(=O)Nc1ccc(CC(=O)O)nc1. The summed E-state index contributed by atoms with van der Waals surface area (Å²) in [7, 11) is 0. The van der Waals surface area contributed by atoms with E-state index in [2.05, 4.69) is 10.3 Å². The molecule has 92 valence electrons. The van der Waals surface area contributed by atoms with Crippen molar-refractivity contribution < 1.29 is 14.7 Å². The number of hydrogen-bond donors (Lipinski definition) is 3. The molecule has 0 aromatic carbocycles. The van der Waals surface area contributed by atoms with Crippen LogP contribution in [0.15, 0.2) is 18.3 Å². The van der Waals surface area contributed by atoms with E-state index in [9.17, 15) is 9.59 Å². The molecule has 6 nitrogen and oxygen atoms in total. The molecule has 0 saturated heterocycles. The van der Waals surface area contributed by atoms with Gasteiger partial charge in [0.15, 0.2) is 0 Å². The maximum absolute atomic E-state index is 11.4. The standard InChI is InChI=1S/C11H15N3O3/c1-7(12)4-10(15)14-9-3-2-8(13-6-9)5-11(16)17/h2-3,6-7H,4-5,12H2,1H3,(H,14,15)(H,16,17). The van der Waals surface area contributed by atoms with Crippen LogP contribution < -0.4 is 11.1 Å². The molecule has 1 aromatic rings. The Morgan fingerprint density at radius 1 is 1.53 bits per heavy atom. The van der Waals surface area contributed by atoms with Crippen molar-refractivity contribution in [3.8, 4) is 0 Å². The molecular formula is C11H15N3O3. The fourth-order valence-electron chi connectivity index (χ4n) is 1.26. The molecule has 1 unspecified atom stereocenters. The number of aliphatic carboxylic acids is 1. The second-order valence-electron chi connectivity index (χ2n) is 3.84. The third-order valence-corrected chi connectivity index (χ3v) is 1.95. The maximum Gasteiger partial charge on any atom is 0.309 e. The first kappa shape index (κ1) is 13.1. The van der Waals surface area contributed by atoms with E-state index in [0.29, 0.717) is 11.4 Å². The van der Waals surface area contributed by atoms with E-state index in [0.717, 1.165) is 0 Å². The number of carboxylic acid groups (broad SMARTS) is 1. The van der Waals surface area contributed by atoms with Crippen LogP contribution in [0.4, 0.5) is 5.69 Å². The average Bonchev–Trinajstić information content (AvgIpc) is 2.18. The molecule has 0 radical (unpaired) electrons. The number of nitrogens with two attached hydrogens (primary N) is 1. The summed E-state index contributed by atoms with van der Waals surface area (Å²) in [5.41, 5.74) is 6.46. The molecule has 1 heterocycles. The van der Waals surface area contributed by atoms with Gasteiger partial charge in [0.1, 0.15) is 0 Å². The Kier molecular flexibility index (Phi) is 4.59. The second kappa shape index (κ2) is 5.95. The number of rotatable bonds is 5. The molecule has 0 aliphatic rings. The van der Waals surface area contributed by atoms with Gasteiger partial charge in [-0.25, -0.2) is 0 Å². The minimum atomic E-state index is -0.939. The molecule has 17 heavy (non-hydrogen) atoms. The topological polar surface area (TPSA) is 105 Å². The van der Waals surface area contributed by atoms with Crippen molar-refractivity contribution in [1.29, 1.82) is 0 Å². The fourth-order valence-corrected chi connectivity index (χ4v) is 1.26. The van der Waals surface area contributed by atoms with Crippen molar-refractivity contribution in [2.75, 3.05) is 5.32 Å². The number of anilines is 1. The maximum atomic E-state index is 11.4. The van der Waals surface area contributed by atoms with E-state index < -0.39 is 5.97 Å². The van der Waals surface area contributed by atoms with Crippen LogP contribution >= 0.6 is 0 Å². The van der Waals surface area contributed by atoms with E-state index in [1.54, 1.807) is 19.1 Å². The van der Waals surface area contributed by atoms with E-state index in [1.165, 1.54) is 6.20 Å². The lowest BCUT2D eigenvalue weighted by Gasteiger charge is -2.07. The summed E-state index contributed by atoms with van der Waals surface area (Å²) in [6, 6.07) is 2.98. The first-order valence-corrected chi connectivity index (χ1v) is 5.19. The van der Waals surface area contributed by atoms with E-state index >= 15 is 0 Å². The lowest BCUT2D eigenvalue weighted by Crippen LogP contribution is -2.24. The Balaban J connectivity index is 2.56. The molecule has 0 bridgehead atoms. The fraction of sp³-hybridized carbons (Fsp3) is 0.364. The van der Waals surface area contributed by atoms with Crippen molar-refractivity contribution in [2.24, 2.45) is 5.73 Å². The Morgan fingerprint density at radius 3 is 2.71 bits per heavy atom. The summed E-state index contributed by atoms with van der Waals surface area (Å²) in [4.78, 5) is 25.7. The first-order chi connectivity index (χ1) is 7.97. The highest BCUT2D eigenvalue weighted by molar-refractivity contribution is 5.90. The minimum Gasteiger partial charge on any atom is -0.481 e. The Bertz CT molecular complexity index is 401. The zero-order chi connectivity index (χ0) is 12.8. The molecule has 4 N–H and O–H groups in total. The van der Waals surface area contributed by atoms with Crippen LogP contribution in [0.2, 0.25) is 0 Å². The highest BCUT2D eigenvalue weighted by Gasteiger charge is 2.06. The number of pyridine rings is 1. The highest BCUT2D eigenvalue weighted by atomic mass is 16.4. The second-order valence-corrected chi connectivity index (χ2v) is 3.84. The number of carboxylic acids is 1. The summed E-state index contributed by atoms with van der Waals surface area (Å²) in [6.07, 6.45) is 1.53. The van der Waals surface area contributed by atoms with Gasteiger partial charge >= 0.3 is 5.97 Å². The predicted molar refractivity (Wildman–Crippen MR) is 62.5 cm³/mol. The zero-order valence-corrected chi connectivity index (χ0v) is 9.51. The van der Waals surface area contributed by atoms with Crippen molar-refractivity contribution in [2.45, 2.75) is 25.8 Å². The molecule has 0 aliphatic heterocycles. The van der Waals surface area contributed by atoms with Gasteiger partial charge in [0.25, 0.3) is 0 Å². The van der Waals surface area contributed by atoms with Crippen LogP contribution in [0.3, 0.4) is 0 Å². The van der Waals surface area contributed by atoms with Gasteiger partial charge in [0.2, 0.25) is 5.91 Å². The highest BCUT2D eigenvalue weighted by Crippen LogP contribution is 2.07. The molecule has 0 saturated carbocycles. The number of nitrogens with zero attached hydrogens (tertiary/aromatic N) is 1. The average molecular weight is 237 g/mol. The molecule has 0 aliphatic carbocycles. The number of carbonyl (C=O) groups is 2. The van der Waals surface area contributed by atoms with Crippen LogP contribution in [0.1, 0.15) is 19.0 Å². The van der Waals surface area contributed by atoms with Gasteiger partial charge in [-0.3, -0.25) is 14.6 Å². The largest absolute Gasteiger partial charge is 0.481 e. The smallest absolute Gasteiger partial charge is 0.309 e. The zero-order valence-electron chi connectivity index (χ0n) is 9.51. The van der Waals surface area contributed by atoms with Gasteiger partial charge in [-0.15, -0.1) is 0 Å². The molecule has 0 fully saturated rings. The van der Waals surface area contributed by atoms with E-state index in [4.69, 9.17) is 10.8 Å². The Labute approximate surface area is 98.8 Å². The molecule has 1 amide bonds. The van der Waals surface area contributed by atoms with Crippen LogP contribution in [-0.4, -0.2) is 28.0 Å². The van der Waals surface area contributed by atoms with Crippen molar-refractivity contribution in [3.05, 3.63) is 24.0 Å². The summed E-state index contributed by atoms with van der Waals surface area (Å²) >= 11 is 0. The number of carbonyl (C=O) groups excluding carboxylic acids is 1. The van der Waals surface area contributed by atoms with Gasteiger partial charge in [-0.2, -0.15) is 0 Å². The van der Waals surface area contributed by atoms with Gasteiger partial charge in [0, 0.05) is 12.5 Å². The summed E-state index contributed by atoms with van der Waals surface area (Å²) in [5, 5.41) is 11.2. The predicted octanol–water partition coefficient (Wildman–Crippen LogP) is 0.384. The molecule has 1 aromatic heterocycles. The van der Waals surface area contributed by atoms with Crippen LogP contribution in [0.25, 0.3) is 0 Å². The lowest BCUT2D eigenvalue weighted by molar-refractivity contribution is -0.136. The van der Waals surface area contributed by atoms with Crippen LogP contribution in [0.5, 0.6) is 0 Å². The van der Waals surface area contributed by atoms with Gasteiger partial charge in [0.05, 0.1) is 24.0 Å². The molecule has 1 rings (SSSR count). The lowest BCUT2D eigenvalue weighted by atomic mass is 10.2. The third kappa shape index (κ3) is 5.07. The van der Waals surface area contributed by atoms with Crippen molar-refractivity contribution in [3.63, 3.8) is 0 Å². The van der Waals surface area contributed by atoms with Crippen LogP contribution in [-0.2, 0) is 16.0 Å². The van der Waals surface area contributed by atoms with Gasteiger partial charge in [-0.05, 0) is 19.1 Å². The normalized spacial score (nSPS) is 11.9. The first-order valence-electron chi connectivity index (χ1n) is 5.19. The van der Waals surface area contributed by atoms with E-state index in [-0.39, 0.29) is 24.8 Å². The number of aromatic nitrogens is 1. The molecule has 6 heteroatoms. The van der Waals surface area contributed by atoms with Crippen molar-refractivity contribution in [1.82, 2.24) is 4.98 Å². The summed E-state index contributed by atoms with van der Waals surface area (Å²) in [5.74, 6) is -1.13. The Hall–Kier alpha value is -1.95. The Morgan fingerprint density at radius 2 is 2.24 bits per heavy atom. The molecule has 0 spiro atoms. The number of amides is 1. The quantitative estimate of drug-likeness (QED) is 0.686. The third-order valence-electron chi connectivity index (χ3n) is 1.95. The number of nitrogens with one attached hydrogen (secondary N) is 1. The number of hydrogen-bond acceptors (Lipinski definition) is 4.